The van der Waals surface area contributed by atoms with Crippen LogP contribution in [0.2, 0.25) is 5.02 Å². The van der Waals surface area contributed by atoms with E-state index in [1.807, 2.05) is 36.6 Å². The van der Waals surface area contributed by atoms with Crippen LogP contribution in [0.15, 0.2) is 60.2 Å². The summed E-state index contributed by atoms with van der Waals surface area (Å²) in [5.41, 5.74) is 2.65. The second-order valence-electron chi connectivity index (χ2n) is 7.05. The number of carbonyl (C=O) groups excluding carboxylic acids is 3. The summed E-state index contributed by atoms with van der Waals surface area (Å²) in [6.45, 7) is 3.74. The van der Waals surface area contributed by atoms with Crippen LogP contribution in [-0.4, -0.2) is 22.4 Å². The second kappa shape index (κ2) is 7.85. The van der Waals surface area contributed by atoms with E-state index in [2.05, 4.69) is 5.32 Å². The van der Waals surface area contributed by atoms with Gasteiger partial charge in [0.15, 0.2) is 0 Å². The van der Waals surface area contributed by atoms with Gasteiger partial charge in [0.05, 0.1) is 5.69 Å². The van der Waals surface area contributed by atoms with Gasteiger partial charge in [-0.25, -0.2) is 14.1 Å². The lowest BCUT2D eigenvalue weighted by Gasteiger charge is -2.26. The van der Waals surface area contributed by atoms with Crippen LogP contribution in [0.25, 0.3) is 11.8 Å². The van der Waals surface area contributed by atoms with Crippen LogP contribution in [0, 0.1) is 19.7 Å². The fraction of sp³-hybridized carbons (Fsp3) is 0.0870. The third kappa shape index (κ3) is 3.64. The summed E-state index contributed by atoms with van der Waals surface area (Å²) in [6.07, 6.45) is 1.41. The van der Waals surface area contributed by atoms with E-state index < -0.39 is 23.7 Å². The van der Waals surface area contributed by atoms with Crippen molar-refractivity contribution in [1.29, 1.82) is 0 Å². The van der Waals surface area contributed by atoms with Crippen LogP contribution in [0.3, 0.4) is 0 Å². The van der Waals surface area contributed by atoms with E-state index in [1.54, 1.807) is 12.1 Å². The van der Waals surface area contributed by atoms with Crippen molar-refractivity contribution >= 4 is 41.2 Å². The van der Waals surface area contributed by atoms with E-state index in [0.29, 0.717) is 15.5 Å². The molecule has 0 aliphatic carbocycles. The van der Waals surface area contributed by atoms with Crippen LogP contribution in [0.1, 0.15) is 17.0 Å². The first-order valence-corrected chi connectivity index (χ1v) is 9.76. The van der Waals surface area contributed by atoms with Gasteiger partial charge in [0.2, 0.25) is 0 Å². The third-order valence-corrected chi connectivity index (χ3v) is 5.30. The lowest BCUT2D eigenvalue weighted by molar-refractivity contribution is -0.122. The van der Waals surface area contributed by atoms with Crippen LogP contribution in [0.4, 0.5) is 14.9 Å². The first-order chi connectivity index (χ1) is 14.8. The zero-order chi connectivity index (χ0) is 22.3. The first kappa shape index (κ1) is 20.6. The molecule has 0 spiro atoms. The fourth-order valence-electron chi connectivity index (χ4n) is 3.59. The molecule has 6 nitrogen and oxygen atoms in total. The molecule has 1 aromatic heterocycles. The number of urea groups is 1. The number of anilines is 1. The summed E-state index contributed by atoms with van der Waals surface area (Å²) in [5, 5.41) is 2.71. The molecule has 1 saturated heterocycles. The Bertz CT molecular complexity index is 1260. The molecule has 1 fully saturated rings. The van der Waals surface area contributed by atoms with Crippen molar-refractivity contribution in [2.75, 3.05) is 4.90 Å². The maximum absolute atomic E-state index is 14.2. The molecule has 8 heteroatoms. The Balaban J connectivity index is 1.77. The van der Waals surface area contributed by atoms with E-state index in [4.69, 9.17) is 11.6 Å². The number of aryl methyl sites for hydroxylation is 1. The zero-order valence-electron chi connectivity index (χ0n) is 16.6. The van der Waals surface area contributed by atoms with Crippen LogP contribution < -0.4 is 10.2 Å². The summed E-state index contributed by atoms with van der Waals surface area (Å²) in [4.78, 5) is 38.3. The van der Waals surface area contributed by atoms with Gasteiger partial charge in [-0.3, -0.25) is 14.9 Å². The molecule has 0 bridgehead atoms. The van der Waals surface area contributed by atoms with Gasteiger partial charge in [0, 0.05) is 22.1 Å². The number of para-hydroxylation sites is 1. The van der Waals surface area contributed by atoms with E-state index in [-0.39, 0.29) is 11.3 Å². The Morgan fingerprint density at radius 1 is 1.00 bits per heavy atom. The Morgan fingerprint density at radius 3 is 2.35 bits per heavy atom. The number of nitrogens with zero attached hydrogens (tertiary/aromatic N) is 2. The summed E-state index contributed by atoms with van der Waals surface area (Å²) in [7, 11) is 0. The maximum Gasteiger partial charge on any atom is 0.336 e. The number of imide groups is 2. The minimum Gasteiger partial charge on any atom is -0.318 e. The molecule has 0 saturated carbocycles. The normalized spacial score (nSPS) is 15.5. The number of rotatable bonds is 3. The Morgan fingerprint density at radius 2 is 1.68 bits per heavy atom. The molecule has 0 unspecified atom stereocenters. The van der Waals surface area contributed by atoms with Gasteiger partial charge in [-0.15, -0.1) is 0 Å². The Kier molecular flexibility index (Phi) is 5.20. The van der Waals surface area contributed by atoms with Crippen molar-refractivity contribution in [2.45, 2.75) is 13.8 Å². The molecular weight excluding hydrogens is 421 g/mol. The largest absolute Gasteiger partial charge is 0.336 e. The molecule has 0 atom stereocenters. The Hall–Kier alpha value is -3.71. The molecule has 156 valence electrons. The predicted molar refractivity (Wildman–Crippen MR) is 116 cm³/mol. The first-order valence-electron chi connectivity index (χ1n) is 9.39. The Labute approximate surface area is 182 Å². The number of nitrogens with one attached hydrogen (secondary N) is 1. The number of hydrogen-bond acceptors (Lipinski definition) is 3. The molecular formula is C23H17ClFN3O3. The van der Waals surface area contributed by atoms with Crippen molar-refractivity contribution in [3.63, 3.8) is 0 Å². The highest BCUT2D eigenvalue weighted by atomic mass is 35.5. The maximum atomic E-state index is 14.2. The quantitative estimate of drug-likeness (QED) is 0.482. The molecule has 3 aromatic rings. The summed E-state index contributed by atoms with van der Waals surface area (Å²) in [6, 6.07) is 13.4. The van der Waals surface area contributed by atoms with Crippen molar-refractivity contribution < 1.29 is 18.8 Å². The third-order valence-electron chi connectivity index (χ3n) is 5.05. The molecule has 4 amide bonds. The minimum atomic E-state index is -0.996. The van der Waals surface area contributed by atoms with Crippen LogP contribution in [-0.2, 0) is 9.59 Å². The number of aromatic nitrogens is 1. The number of benzene rings is 2. The van der Waals surface area contributed by atoms with Crippen molar-refractivity contribution in [3.8, 4) is 5.69 Å². The van der Waals surface area contributed by atoms with Gasteiger partial charge in [-0.05, 0) is 68.0 Å². The van der Waals surface area contributed by atoms with E-state index in [9.17, 15) is 18.8 Å². The van der Waals surface area contributed by atoms with E-state index >= 15 is 0 Å². The summed E-state index contributed by atoms with van der Waals surface area (Å²) in [5.74, 6) is -2.48. The second-order valence-corrected chi connectivity index (χ2v) is 7.48. The molecule has 1 aliphatic rings. The van der Waals surface area contributed by atoms with Gasteiger partial charge in [-0.2, -0.15) is 0 Å². The lowest BCUT2D eigenvalue weighted by atomic mass is 10.1. The van der Waals surface area contributed by atoms with Crippen molar-refractivity contribution in [3.05, 3.63) is 88.0 Å². The minimum absolute atomic E-state index is 0.227. The number of amides is 4. The molecule has 4 rings (SSSR count). The van der Waals surface area contributed by atoms with E-state index in [0.717, 1.165) is 23.1 Å². The summed E-state index contributed by atoms with van der Waals surface area (Å²) >= 11 is 5.97. The van der Waals surface area contributed by atoms with Crippen LogP contribution >= 0.6 is 11.6 Å². The fourth-order valence-corrected chi connectivity index (χ4v) is 3.71. The average molecular weight is 438 g/mol. The smallest absolute Gasteiger partial charge is 0.318 e. The van der Waals surface area contributed by atoms with Gasteiger partial charge in [-0.1, -0.05) is 23.7 Å². The van der Waals surface area contributed by atoms with Gasteiger partial charge >= 0.3 is 6.03 Å². The highest BCUT2D eigenvalue weighted by Crippen LogP contribution is 2.27. The highest BCUT2D eigenvalue weighted by molar-refractivity contribution is 6.39. The van der Waals surface area contributed by atoms with Crippen molar-refractivity contribution in [1.82, 2.24) is 9.88 Å². The molecule has 2 aromatic carbocycles. The summed E-state index contributed by atoms with van der Waals surface area (Å²) < 4.78 is 16.2. The standard InChI is InChI=1S/C23H17ClFN3O3/c1-13-11-15(14(2)27(13)17-9-7-16(24)8-10-17)12-18-21(29)26-23(31)28(22(18)30)20-6-4-3-5-19(20)25/h3-12H,1-2H3,(H,26,29,31). The molecule has 31 heavy (non-hydrogen) atoms. The number of hydrogen-bond donors (Lipinski definition) is 1. The van der Waals surface area contributed by atoms with Gasteiger partial charge in [0.25, 0.3) is 11.8 Å². The lowest BCUT2D eigenvalue weighted by Crippen LogP contribution is -2.54. The number of barbiturate groups is 1. The zero-order valence-corrected chi connectivity index (χ0v) is 17.4. The SMILES string of the molecule is Cc1cc(C=C2C(=O)NC(=O)N(c3ccccc3F)C2=O)c(C)n1-c1ccc(Cl)cc1. The monoisotopic (exact) mass is 437 g/mol. The topological polar surface area (TPSA) is 71.4 Å². The van der Waals surface area contributed by atoms with Gasteiger partial charge < -0.3 is 4.57 Å². The molecule has 1 aliphatic heterocycles. The number of halogens is 2. The van der Waals surface area contributed by atoms with Crippen molar-refractivity contribution in [2.24, 2.45) is 0 Å². The highest BCUT2D eigenvalue weighted by Gasteiger charge is 2.38. The molecule has 1 N–H and O–H groups in total. The van der Waals surface area contributed by atoms with Gasteiger partial charge in [0.1, 0.15) is 11.4 Å². The number of carbonyl (C=O) groups is 3. The average Bonchev–Trinajstić information content (AvgIpc) is 3.00. The molecule has 0 radical (unpaired) electrons. The molecule has 2 heterocycles. The van der Waals surface area contributed by atoms with E-state index in [1.165, 1.54) is 24.3 Å². The predicted octanol–water partition coefficient (Wildman–Crippen LogP) is 4.55. The van der Waals surface area contributed by atoms with Crippen LogP contribution in [0.5, 0.6) is 0 Å².